The van der Waals surface area contributed by atoms with Gasteiger partial charge >= 0.3 is 0 Å². The van der Waals surface area contributed by atoms with Gasteiger partial charge in [-0.05, 0) is 57.0 Å². The highest BCUT2D eigenvalue weighted by molar-refractivity contribution is 9.10. The predicted octanol–water partition coefficient (Wildman–Crippen LogP) is 5.72. The summed E-state index contributed by atoms with van der Waals surface area (Å²) in [5.74, 6) is -0.693. The molecule has 1 aliphatic heterocycles. The van der Waals surface area contributed by atoms with Gasteiger partial charge < -0.3 is 23.8 Å². The number of ether oxygens (including phenoxy) is 4. The third-order valence-electron chi connectivity index (χ3n) is 6.79. The van der Waals surface area contributed by atoms with E-state index in [9.17, 15) is 4.39 Å². The van der Waals surface area contributed by atoms with Crippen LogP contribution in [0, 0.1) is 24.5 Å². The lowest BCUT2D eigenvalue weighted by Gasteiger charge is -2.34. The van der Waals surface area contributed by atoms with E-state index in [2.05, 4.69) is 26.1 Å². The molecule has 0 aliphatic carbocycles. The van der Waals surface area contributed by atoms with Crippen LogP contribution in [0.5, 0.6) is 0 Å². The molecular formula is C28H32BrF2N5O4. The van der Waals surface area contributed by atoms with E-state index in [1.807, 2.05) is 24.8 Å². The third-order valence-corrected chi connectivity index (χ3v) is 7.25. The minimum atomic E-state index is -1.22. The monoisotopic (exact) mass is 619 g/mol. The first kappa shape index (κ1) is 28.7. The number of anilines is 2. The van der Waals surface area contributed by atoms with Gasteiger partial charge in [0.25, 0.3) is 11.8 Å². The highest BCUT2D eigenvalue weighted by atomic mass is 79.9. The van der Waals surface area contributed by atoms with Gasteiger partial charge in [0.15, 0.2) is 0 Å². The molecule has 1 saturated heterocycles. The van der Waals surface area contributed by atoms with Crippen LogP contribution in [0.3, 0.4) is 0 Å². The van der Waals surface area contributed by atoms with E-state index in [-0.39, 0.29) is 24.3 Å². The topological polar surface area (TPSA) is 83.2 Å². The fraction of sp³-hybridized carbons (Fsp3) is 0.464. The van der Waals surface area contributed by atoms with E-state index in [0.717, 1.165) is 0 Å². The van der Waals surface area contributed by atoms with Crippen LogP contribution in [-0.2, 0) is 25.4 Å². The zero-order valence-electron chi connectivity index (χ0n) is 22.9. The zero-order chi connectivity index (χ0) is 28.4. The van der Waals surface area contributed by atoms with Gasteiger partial charge in [-0.2, -0.15) is 4.98 Å². The first-order chi connectivity index (χ1) is 19.2. The molecule has 3 heterocycles. The number of nitrogens with zero attached hydrogens (tertiary/aromatic N) is 5. The maximum absolute atomic E-state index is 16.5. The number of rotatable bonds is 12. The Kier molecular flexibility index (Phi) is 8.62. The smallest absolute Gasteiger partial charge is 0.279 e. The number of aryl methyl sites for hydroxylation is 1. The molecule has 214 valence electrons. The van der Waals surface area contributed by atoms with E-state index in [4.69, 9.17) is 23.9 Å². The van der Waals surface area contributed by atoms with Crippen LogP contribution in [0.2, 0.25) is 0 Å². The third kappa shape index (κ3) is 5.82. The second-order valence-electron chi connectivity index (χ2n) is 9.72. The number of aromatic nitrogens is 4. The van der Waals surface area contributed by atoms with Crippen molar-refractivity contribution >= 4 is 44.1 Å². The SMILES string of the molecule is CCOC(C)(OCC)OCCc1ccc2c(c(N(CC3COC3)c3cc(F)cc(Br)c3)nc3nnc(C)n32)c1F. The number of hydrogen-bond donors (Lipinski definition) is 0. The normalized spacial score (nSPS) is 14.3. The molecule has 0 atom stereocenters. The van der Waals surface area contributed by atoms with Crippen molar-refractivity contribution in [2.24, 2.45) is 5.92 Å². The summed E-state index contributed by atoms with van der Waals surface area (Å²) < 4.78 is 55.9. The molecule has 0 unspecified atom stereocenters. The lowest BCUT2D eigenvalue weighted by Crippen LogP contribution is -2.38. The summed E-state index contributed by atoms with van der Waals surface area (Å²) in [5.41, 5.74) is 1.53. The maximum atomic E-state index is 16.5. The Hall–Kier alpha value is -2.77. The van der Waals surface area contributed by atoms with Crippen LogP contribution in [0.4, 0.5) is 20.3 Å². The zero-order valence-corrected chi connectivity index (χ0v) is 24.5. The largest absolute Gasteiger partial charge is 0.381 e. The van der Waals surface area contributed by atoms with Crippen molar-refractivity contribution in [3.8, 4) is 0 Å². The molecular weight excluding hydrogens is 588 g/mol. The molecule has 0 amide bonds. The molecule has 12 heteroatoms. The minimum Gasteiger partial charge on any atom is -0.381 e. The summed E-state index contributed by atoms with van der Waals surface area (Å²) in [7, 11) is 0. The van der Waals surface area contributed by atoms with Crippen LogP contribution < -0.4 is 4.90 Å². The first-order valence-electron chi connectivity index (χ1n) is 13.3. The molecule has 0 N–H and O–H groups in total. The molecule has 4 aromatic rings. The van der Waals surface area contributed by atoms with Gasteiger partial charge in [-0.3, -0.25) is 4.40 Å². The standard InChI is InChI=1S/C28H32BrF2N5O4/c1-5-38-28(4,39-6-2)40-10-9-19-7-8-23-24(25(19)31)26(32-27-34-33-17(3)36(23)27)35(14-18-15-37-16-18)22-12-20(29)11-21(30)13-22/h7-8,11-13,18H,5-6,9-10,14-16H2,1-4H3. The van der Waals surface area contributed by atoms with Crippen molar-refractivity contribution in [2.45, 2.75) is 40.1 Å². The molecule has 40 heavy (non-hydrogen) atoms. The van der Waals surface area contributed by atoms with Crippen LogP contribution in [0.25, 0.3) is 16.7 Å². The van der Waals surface area contributed by atoms with Gasteiger partial charge in [-0.15, -0.1) is 10.2 Å². The number of halogens is 3. The molecule has 2 aromatic heterocycles. The fourth-order valence-corrected chi connectivity index (χ4v) is 5.36. The summed E-state index contributed by atoms with van der Waals surface area (Å²) in [6, 6.07) is 8.13. The lowest BCUT2D eigenvalue weighted by molar-refractivity contribution is -0.367. The van der Waals surface area contributed by atoms with Crippen LogP contribution >= 0.6 is 15.9 Å². The van der Waals surface area contributed by atoms with Gasteiger partial charge in [0.1, 0.15) is 23.3 Å². The van der Waals surface area contributed by atoms with Crippen molar-refractivity contribution in [2.75, 3.05) is 44.5 Å². The Balaban J connectivity index is 1.61. The molecule has 1 fully saturated rings. The number of benzene rings is 2. The van der Waals surface area contributed by atoms with E-state index >= 15 is 4.39 Å². The molecule has 5 rings (SSSR count). The average Bonchev–Trinajstić information content (AvgIpc) is 3.24. The summed E-state index contributed by atoms with van der Waals surface area (Å²) in [5, 5.41) is 8.67. The van der Waals surface area contributed by atoms with E-state index in [1.54, 1.807) is 30.4 Å². The lowest BCUT2D eigenvalue weighted by atomic mass is 10.0. The minimum absolute atomic E-state index is 0.162. The second kappa shape index (κ2) is 12.0. The predicted molar refractivity (Wildman–Crippen MR) is 150 cm³/mol. The Bertz CT molecular complexity index is 1490. The Morgan fingerprint density at radius 2 is 1.85 bits per heavy atom. The van der Waals surface area contributed by atoms with E-state index < -0.39 is 17.6 Å². The van der Waals surface area contributed by atoms with Gasteiger partial charge in [-0.25, -0.2) is 8.78 Å². The Morgan fingerprint density at radius 1 is 1.10 bits per heavy atom. The number of fused-ring (bicyclic) bond motifs is 3. The summed E-state index contributed by atoms with van der Waals surface area (Å²) in [4.78, 5) is 6.60. The summed E-state index contributed by atoms with van der Waals surface area (Å²) >= 11 is 3.39. The van der Waals surface area contributed by atoms with Crippen molar-refractivity contribution < 1.29 is 27.7 Å². The quantitative estimate of drug-likeness (QED) is 0.186. The highest BCUT2D eigenvalue weighted by Gasteiger charge is 2.29. The van der Waals surface area contributed by atoms with E-state index in [1.165, 1.54) is 12.1 Å². The molecule has 2 aromatic carbocycles. The van der Waals surface area contributed by atoms with Gasteiger partial charge in [0.2, 0.25) is 0 Å². The van der Waals surface area contributed by atoms with Crippen molar-refractivity contribution in [3.05, 3.63) is 57.8 Å². The van der Waals surface area contributed by atoms with E-state index in [0.29, 0.717) is 71.6 Å². The van der Waals surface area contributed by atoms with Crippen molar-refractivity contribution in [1.82, 2.24) is 19.6 Å². The van der Waals surface area contributed by atoms with Gasteiger partial charge in [0, 0.05) is 42.8 Å². The molecule has 9 nitrogen and oxygen atoms in total. The molecule has 1 aliphatic rings. The maximum Gasteiger partial charge on any atom is 0.279 e. The summed E-state index contributed by atoms with van der Waals surface area (Å²) in [6.45, 7) is 9.73. The van der Waals surface area contributed by atoms with Gasteiger partial charge in [0.05, 0.1) is 30.7 Å². The molecule has 0 radical (unpaired) electrons. The van der Waals surface area contributed by atoms with Crippen molar-refractivity contribution in [3.63, 3.8) is 0 Å². The fourth-order valence-electron chi connectivity index (χ4n) is 4.91. The Labute approximate surface area is 239 Å². The summed E-state index contributed by atoms with van der Waals surface area (Å²) in [6.07, 6.45) is 0.262. The first-order valence-corrected chi connectivity index (χ1v) is 14.1. The highest BCUT2D eigenvalue weighted by Crippen LogP contribution is 2.37. The number of hydrogen-bond acceptors (Lipinski definition) is 8. The van der Waals surface area contributed by atoms with Crippen molar-refractivity contribution in [1.29, 1.82) is 0 Å². The van der Waals surface area contributed by atoms with Gasteiger partial charge in [-0.1, -0.05) is 22.0 Å². The molecule has 0 spiro atoms. The second-order valence-corrected chi connectivity index (χ2v) is 10.6. The van der Waals surface area contributed by atoms with Crippen LogP contribution in [0.1, 0.15) is 32.2 Å². The Morgan fingerprint density at radius 3 is 2.50 bits per heavy atom. The average molecular weight is 620 g/mol. The molecule has 0 saturated carbocycles. The van der Waals surface area contributed by atoms with Crippen LogP contribution in [-0.4, -0.2) is 65.1 Å². The van der Waals surface area contributed by atoms with Crippen LogP contribution in [0.15, 0.2) is 34.8 Å². The molecule has 0 bridgehead atoms.